The van der Waals surface area contributed by atoms with Crippen LogP contribution in [0.5, 0.6) is 0 Å². The molecule has 4 heteroatoms. The summed E-state index contributed by atoms with van der Waals surface area (Å²) in [6.07, 6.45) is 1.92. The lowest BCUT2D eigenvalue weighted by molar-refractivity contribution is 0.0629. The van der Waals surface area contributed by atoms with Crippen LogP contribution in [0, 0.1) is 0 Å². The summed E-state index contributed by atoms with van der Waals surface area (Å²) in [5.41, 5.74) is 0. The van der Waals surface area contributed by atoms with Crippen molar-refractivity contribution in [3.63, 3.8) is 0 Å². The highest BCUT2D eigenvalue weighted by Gasteiger charge is 2.16. The molecule has 1 unspecified atom stereocenters. The standard InChI is InChI=1S/C10H18N2OS/c1-8(2)12(3)7-9(13-4)10-11-5-6-14-10/h5-6,8-9H,7H2,1-4H3. The zero-order valence-corrected chi connectivity index (χ0v) is 10.0. The maximum atomic E-state index is 5.42. The van der Waals surface area contributed by atoms with Crippen molar-refractivity contribution in [3.05, 3.63) is 16.6 Å². The minimum atomic E-state index is 0.0994. The number of thiazole rings is 1. The first-order chi connectivity index (χ1) is 6.65. The molecular weight excluding hydrogens is 196 g/mol. The molecule has 0 aliphatic carbocycles. The summed E-state index contributed by atoms with van der Waals surface area (Å²) in [6.45, 7) is 5.24. The zero-order chi connectivity index (χ0) is 10.6. The van der Waals surface area contributed by atoms with E-state index in [4.69, 9.17) is 4.74 Å². The third-order valence-corrected chi connectivity index (χ3v) is 3.21. The zero-order valence-electron chi connectivity index (χ0n) is 9.23. The highest BCUT2D eigenvalue weighted by molar-refractivity contribution is 7.09. The molecule has 0 saturated carbocycles. The van der Waals surface area contributed by atoms with Crippen molar-refractivity contribution in [2.75, 3.05) is 20.7 Å². The third-order valence-electron chi connectivity index (χ3n) is 2.35. The van der Waals surface area contributed by atoms with Gasteiger partial charge in [-0.15, -0.1) is 11.3 Å². The second-order valence-electron chi connectivity index (χ2n) is 3.63. The van der Waals surface area contributed by atoms with Crippen LogP contribution < -0.4 is 0 Å². The Balaban J connectivity index is 2.56. The second kappa shape index (κ2) is 5.44. The predicted octanol–water partition coefficient (Wildman–Crippen LogP) is 2.17. The molecule has 0 saturated heterocycles. The molecule has 80 valence electrons. The molecule has 1 rings (SSSR count). The van der Waals surface area contributed by atoms with Crippen LogP contribution in [0.3, 0.4) is 0 Å². The van der Waals surface area contributed by atoms with E-state index in [1.807, 2.05) is 11.6 Å². The molecule has 1 heterocycles. The Kier molecular flexibility index (Phi) is 4.51. The number of methoxy groups -OCH3 is 1. The fourth-order valence-electron chi connectivity index (χ4n) is 1.12. The summed E-state index contributed by atoms with van der Waals surface area (Å²) in [7, 11) is 3.84. The highest BCUT2D eigenvalue weighted by atomic mass is 32.1. The average Bonchev–Trinajstić information content (AvgIpc) is 2.66. The molecule has 0 aromatic carbocycles. The van der Waals surface area contributed by atoms with Gasteiger partial charge in [-0.3, -0.25) is 0 Å². The van der Waals surface area contributed by atoms with Crippen LogP contribution in [0.4, 0.5) is 0 Å². The van der Waals surface area contributed by atoms with Gasteiger partial charge in [0.25, 0.3) is 0 Å². The van der Waals surface area contributed by atoms with Crippen molar-refractivity contribution in [1.82, 2.24) is 9.88 Å². The fraction of sp³-hybridized carbons (Fsp3) is 0.700. The lowest BCUT2D eigenvalue weighted by Gasteiger charge is -2.24. The van der Waals surface area contributed by atoms with Crippen LogP contribution in [0.1, 0.15) is 25.0 Å². The van der Waals surface area contributed by atoms with E-state index in [2.05, 4.69) is 30.8 Å². The summed E-state index contributed by atoms with van der Waals surface area (Å²) in [5.74, 6) is 0. The molecule has 14 heavy (non-hydrogen) atoms. The lowest BCUT2D eigenvalue weighted by atomic mass is 10.3. The molecule has 0 aliphatic heterocycles. The number of ether oxygens (including phenoxy) is 1. The number of hydrogen-bond donors (Lipinski definition) is 0. The molecule has 1 aromatic rings. The maximum absolute atomic E-state index is 5.42. The van der Waals surface area contributed by atoms with E-state index in [0.717, 1.165) is 11.6 Å². The van der Waals surface area contributed by atoms with Crippen LogP contribution in [0.25, 0.3) is 0 Å². The molecule has 1 atom stereocenters. The van der Waals surface area contributed by atoms with Crippen LogP contribution in [-0.4, -0.2) is 36.6 Å². The van der Waals surface area contributed by atoms with E-state index in [-0.39, 0.29) is 6.10 Å². The van der Waals surface area contributed by atoms with Crippen molar-refractivity contribution in [1.29, 1.82) is 0 Å². The molecule has 0 amide bonds. The smallest absolute Gasteiger partial charge is 0.123 e. The van der Waals surface area contributed by atoms with E-state index >= 15 is 0 Å². The van der Waals surface area contributed by atoms with Gasteiger partial charge in [-0.2, -0.15) is 0 Å². The van der Waals surface area contributed by atoms with Gasteiger partial charge in [0.05, 0.1) is 0 Å². The summed E-state index contributed by atoms with van der Waals surface area (Å²) < 4.78 is 5.42. The van der Waals surface area contributed by atoms with Gasteiger partial charge in [0.2, 0.25) is 0 Å². The molecule has 1 aromatic heterocycles. The SMILES string of the molecule is COC(CN(C)C(C)C)c1nccs1. The molecule has 0 N–H and O–H groups in total. The number of likely N-dealkylation sites (N-methyl/N-ethyl adjacent to an activating group) is 1. The van der Waals surface area contributed by atoms with Crippen LogP contribution in [0.15, 0.2) is 11.6 Å². The molecule has 3 nitrogen and oxygen atoms in total. The Morgan fingerprint density at radius 3 is 2.71 bits per heavy atom. The Morgan fingerprint density at radius 1 is 1.57 bits per heavy atom. The molecular formula is C10H18N2OS. The van der Waals surface area contributed by atoms with Crippen molar-refractivity contribution in [2.24, 2.45) is 0 Å². The largest absolute Gasteiger partial charge is 0.373 e. The highest BCUT2D eigenvalue weighted by Crippen LogP contribution is 2.20. The lowest BCUT2D eigenvalue weighted by Crippen LogP contribution is -2.31. The Labute approximate surface area is 89.7 Å². The van der Waals surface area contributed by atoms with Crippen molar-refractivity contribution in [3.8, 4) is 0 Å². The first kappa shape index (κ1) is 11.6. The normalized spacial score (nSPS) is 13.9. The van der Waals surface area contributed by atoms with Gasteiger partial charge in [-0.1, -0.05) is 0 Å². The van der Waals surface area contributed by atoms with Gasteiger partial charge < -0.3 is 9.64 Å². The monoisotopic (exact) mass is 214 g/mol. The van der Waals surface area contributed by atoms with E-state index in [0.29, 0.717) is 6.04 Å². The Morgan fingerprint density at radius 2 is 2.29 bits per heavy atom. The number of rotatable bonds is 5. The van der Waals surface area contributed by atoms with Crippen molar-refractivity contribution in [2.45, 2.75) is 26.0 Å². The van der Waals surface area contributed by atoms with Gasteiger partial charge in [-0.25, -0.2) is 4.98 Å². The first-order valence-electron chi connectivity index (χ1n) is 4.77. The molecule has 0 bridgehead atoms. The predicted molar refractivity (Wildman–Crippen MR) is 59.6 cm³/mol. The molecule has 0 aliphatic rings. The van der Waals surface area contributed by atoms with Crippen molar-refractivity contribution >= 4 is 11.3 Å². The van der Waals surface area contributed by atoms with Gasteiger partial charge >= 0.3 is 0 Å². The van der Waals surface area contributed by atoms with E-state index in [9.17, 15) is 0 Å². The van der Waals surface area contributed by atoms with Crippen LogP contribution in [-0.2, 0) is 4.74 Å². The first-order valence-corrected chi connectivity index (χ1v) is 5.65. The van der Waals surface area contributed by atoms with Crippen molar-refractivity contribution < 1.29 is 4.74 Å². The quantitative estimate of drug-likeness (QED) is 0.751. The van der Waals surface area contributed by atoms with E-state index in [1.54, 1.807) is 18.4 Å². The van der Waals surface area contributed by atoms with Gasteiger partial charge in [0.15, 0.2) is 0 Å². The second-order valence-corrected chi connectivity index (χ2v) is 4.55. The number of hydrogen-bond acceptors (Lipinski definition) is 4. The molecule has 0 radical (unpaired) electrons. The minimum absolute atomic E-state index is 0.0994. The van der Waals surface area contributed by atoms with Gasteiger partial charge in [-0.05, 0) is 20.9 Å². The third kappa shape index (κ3) is 3.04. The fourth-order valence-corrected chi connectivity index (χ4v) is 1.82. The molecule has 0 spiro atoms. The van der Waals surface area contributed by atoms with E-state index < -0.39 is 0 Å². The summed E-state index contributed by atoms with van der Waals surface area (Å²) in [6, 6.07) is 0.535. The van der Waals surface area contributed by atoms with Crippen LogP contribution in [0.2, 0.25) is 0 Å². The minimum Gasteiger partial charge on any atom is -0.373 e. The Hall–Kier alpha value is -0.450. The Bertz CT molecular complexity index is 249. The number of nitrogens with zero attached hydrogens (tertiary/aromatic N) is 2. The van der Waals surface area contributed by atoms with Crippen LogP contribution >= 0.6 is 11.3 Å². The molecule has 0 fully saturated rings. The average molecular weight is 214 g/mol. The maximum Gasteiger partial charge on any atom is 0.123 e. The van der Waals surface area contributed by atoms with Gasteiger partial charge in [0, 0.05) is 31.3 Å². The number of aromatic nitrogens is 1. The van der Waals surface area contributed by atoms with Gasteiger partial charge in [0.1, 0.15) is 11.1 Å². The topological polar surface area (TPSA) is 25.4 Å². The summed E-state index contributed by atoms with van der Waals surface area (Å²) in [4.78, 5) is 6.53. The van der Waals surface area contributed by atoms with E-state index in [1.165, 1.54) is 0 Å². The summed E-state index contributed by atoms with van der Waals surface area (Å²) in [5, 5.41) is 3.04. The summed E-state index contributed by atoms with van der Waals surface area (Å²) >= 11 is 1.65.